The highest BCUT2D eigenvalue weighted by atomic mass is 32.1. The molecule has 2 aliphatic heterocycles. The van der Waals surface area contributed by atoms with Crippen LogP contribution in [0.1, 0.15) is 97.1 Å². The highest BCUT2D eigenvalue weighted by Gasteiger charge is 2.45. The van der Waals surface area contributed by atoms with E-state index in [0.717, 1.165) is 65.1 Å². The van der Waals surface area contributed by atoms with Gasteiger partial charge in [0.15, 0.2) is 12.4 Å². The molecule has 0 unspecified atom stereocenters. The number of aryl methyl sites for hydroxylation is 3. The molecule has 2 aromatic carbocycles. The molecule has 16 nitrogen and oxygen atoms in total. The third-order valence-corrected chi connectivity index (χ3v) is 14.6. The second-order valence-corrected chi connectivity index (χ2v) is 20.4. The number of thiophene rings is 1. The largest absolute Gasteiger partial charge is 0.469 e. The Hall–Kier alpha value is -6.63. The lowest BCUT2D eigenvalue weighted by molar-refractivity contribution is -0.144. The fraction of sp³-hybridized carbons (Fsp3) is 0.380. The summed E-state index contributed by atoms with van der Waals surface area (Å²) in [6, 6.07) is 16.4. The van der Waals surface area contributed by atoms with E-state index < -0.39 is 54.0 Å². The number of β-amino-alcohol motifs (C(OH)–C–C–N with tert-alkyl or cyclic N) is 1. The lowest BCUT2D eigenvalue weighted by Gasteiger charge is -2.35. The van der Waals surface area contributed by atoms with E-state index in [2.05, 4.69) is 44.6 Å². The van der Waals surface area contributed by atoms with Gasteiger partial charge in [0.05, 0.1) is 47.5 Å². The van der Waals surface area contributed by atoms with Crippen LogP contribution in [0.2, 0.25) is 0 Å². The average molecular weight is 958 g/mol. The Labute approximate surface area is 402 Å². The number of hydrogen-bond acceptors (Lipinski definition) is 14. The predicted octanol–water partition coefficient (Wildman–Crippen LogP) is 6.95. The van der Waals surface area contributed by atoms with Crippen molar-refractivity contribution in [2.45, 2.75) is 98.5 Å². The molecule has 1 fully saturated rings. The van der Waals surface area contributed by atoms with E-state index in [4.69, 9.17) is 14.5 Å². The van der Waals surface area contributed by atoms with Crippen LogP contribution in [0.4, 0.5) is 0 Å². The highest BCUT2D eigenvalue weighted by Crippen LogP contribution is 2.40. The smallest absolute Gasteiger partial charge is 0.308 e. The zero-order valence-corrected chi connectivity index (χ0v) is 41.1. The molecule has 3 N–H and O–H groups in total. The summed E-state index contributed by atoms with van der Waals surface area (Å²) in [4.78, 5) is 71.4. The van der Waals surface area contributed by atoms with Crippen LogP contribution >= 0.6 is 22.7 Å². The maximum Gasteiger partial charge on any atom is 0.308 e. The van der Waals surface area contributed by atoms with Crippen molar-refractivity contribution >= 4 is 52.1 Å². The Bertz CT molecular complexity index is 2880. The van der Waals surface area contributed by atoms with Crippen LogP contribution in [0.5, 0.6) is 5.88 Å². The van der Waals surface area contributed by atoms with E-state index >= 15 is 0 Å². The summed E-state index contributed by atoms with van der Waals surface area (Å²) in [5, 5.41) is 26.3. The van der Waals surface area contributed by atoms with Crippen LogP contribution < -0.4 is 15.4 Å². The molecule has 68 heavy (non-hydrogen) atoms. The first-order valence-electron chi connectivity index (χ1n) is 22.4. The molecule has 0 aliphatic carbocycles. The molecule has 0 spiro atoms. The van der Waals surface area contributed by atoms with E-state index in [1.165, 1.54) is 12.0 Å². The van der Waals surface area contributed by atoms with E-state index in [9.17, 15) is 24.3 Å². The number of amides is 3. The van der Waals surface area contributed by atoms with Crippen LogP contribution in [0.25, 0.3) is 26.6 Å². The third-order valence-electron chi connectivity index (χ3n) is 12.5. The van der Waals surface area contributed by atoms with Crippen molar-refractivity contribution in [1.82, 2.24) is 40.3 Å². The van der Waals surface area contributed by atoms with Gasteiger partial charge in [-0.1, -0.05) is 69.3 Å². The average Bonchev–Trinajstić information content (AvgIpc) is 4.09. The molecule has 8 rings (SSSR count). The molecule has 6 heterocycles. The fourth-order valence-corrected chi connectivity index (χ4v) is 10.6. The van der Waals surface area contributed by atoms with E-state index in [0.29, 0.717) is 11.6 Å². The number of benzene rings is 2. The first-order chi connectivity index (χ1) is 32.4. The second kappa shape index (κ2) is 19.5. The van der Waals surface area contributed by atoms with Crippen molar-refractivity contribution in [2.75, 3.05) is 20.3 Å². The molecule has 0 radical (unpaired) electrons. The number of aliphatic imine (C=N–C) groups is 1. The Morgan fingerprint density at radius 3 is 2.24 bits per heavy atom. The number of esters is 1. The Kier molecular flexibility index (Phi) is 13.7. The molecule has 0 saturated carbocycles. The van der Waals surface area contributed by atoms with Crippen LogP contribution in [-0.4, -0.2) is 103 Å². The Morgan fingerprint density at radius 2 is 1.59 bits per heavy atom. The maximum atomic E-state index is 14.2. The van der Waals surface area contributed by atoms with Gasteiger partial charge in [0.1, 0.15) is 29.0 Å². The van der Waals surface area contributed by atoms with Gasteiger partial charge < -0.3 is 30.1 Å². The normalized spacial score (nSPS) is 17.6. The first-order valence-corrected chi connectivity index (χ1v) is 24.1. The number of aliphatic hydroxyl groups is 1. The van der Waals surface area contributed by atoms with Crippen molar-refractivity contribution in [3.8, 4) is 32.4 Å². The minimum atomic E-state index is -1.02. The lowest BCUT2D eigenvalue weighted by Crippen LogP contribution is -2.58. The maximum absolute atomic E-state index is 14.2. The molecule has 4 aromatic heterocycles. The number of ether oxygens (including phenoxy) is 2. The molecular weight excluding hydrogens is 903 g/mol. The molecule has 18 heteroatoms. The number of aromatic nitrogens is 5. The summed E-state index contributed by atoms with van der Waals surface area (Å²) in [7, 11) is 1.36. The van der Waals surface area contributed by atoms with Gasteiger partial charge in [0.25, 0.3) is 5.91 Å². The van der Waals surface area contributed by atoms with Crippen molar-refractivity contribution in [3.05, 3.63) is 117 Å². The molecule has 5 atom stereocenters. The van der Waals surface area contributed by atoms with Gasteiger partial charge in [-0.25, -0.2) is 9.97 Å². The number of hydrogen-bond donors (Lipinski definition) is 3. The minimum Gasteiger partial charge on any atom is -0.469 e. The monoisotopic (exact) mass is 957 g/mol. The van der Waals surface area contributed by atoms with Crippen molar-refractivity contribution < 1.29 is 33.8 Å². The standard InChI is InChI=1S/C50H55N9O7S2/c1-26-29(4)68-49-42(26)43(54-37(21-41(62)65-9)46-57-56-30(5)59(46)49)33-14-12-32(13-15-33)35-18-19-40(51-22-35)66-24-39(61)55-45(50(6,7)8)48(64)58-23-36(60)20-38(58)47(63)53-27(2)31-10-16-34(17-11-31)44-28(3)52-25-67-44/h10-19,22,25,27,36-38,45,60H,20-21,23-24H2,1-9H3,(H,53,63)(H,55,61)/t27-,36+,37-,38-,45+/m0/s1. The fourth-order valence-electron chi connectivity index (χ4n) is 8.58. The van der Waals surface area contributed by atoms with Gasteiger partial charge in [0.2, 0.25) is 17.7 Å². The summed E-state index contributed by atoms with van der Waals surface area (Å²) in [6.45, 7) is 14.9. The molecule has 0 bridgehead atoms. The number of methoxy groups -OCH3 is 1. The zero-order chi connectivity index (χ0) is 48.6. The number of nitrogens with zero attached hydrogens (tertiary/aromatic N) is 7. The van der Waals surface area contributed by atoms with Crippen molar-refractivity contribution in [3.63, 3.8) is 0 Å². The topological polar surface area (TPSA) is 203 Å². The summed E-state index contributed by atoms with van der Waals surface area (Å²) in [6.07, 6.45) is 0.833. The molecule has 1 saturated heterocycles. The van der Waals surface area contributed by atoms with Gasteiger partial charge in [-0.05, 0) is 68.4 Å². The summed E-state index contributed by atoms with van der Waals surface area (Å²) >= 11 is 3.21. The minimum absolute atomic E-state index is 0.0105. The van der Waals surface area contributed by atoms with E-state index in [1.807, 2.05) is 106 Å². The molecule has 2 aliphatic rings. The van der Waals surface area contributed by atoms with Crippen molar-refractivity contribution in [1.29, 1.82) is 0 Å². The Balaban J connectivity index is 0.905. The van der Waals surface area contributed by atoms with Crippen LogP contribution in [0.3, 0.4) is 0 Å². The SMILES string of the molecule is COC(=O)C[C@@H]1N=C(c2ccc(-c3ccc(OCC(=O)N[C@H](C(=O)N4C[C@H](O)C[C@H]4C(=O)N[C@@H](C)c4ccc(-c5scnc5C)cc4)C(C)(C)C)nc3)cc2)c2c(sc(C)c2C)-n2c(C)nnc21. The number of thiazole rings is 1. The Morgan fingerprint density at radius 1 is 0.897 bits per heavy atom. The van der Waals surface area contributed by atoms with Crippen molar-refractivity contribution in [2.24, 2.45) is 10.4 Å². The molecule has 6 aromatic rings. The van der Waals surface area contributed by atoms with Crippen LogP contribution in [-0.2, 0) is 23.9 Å². The summed E-state index contributed by atoms with van der Waals surface area (Å²) in [5.41, 5.74) is 9.31. The van der Waals surface area contributed by atoms with E-state index in [-0.39, 0.29) is 37.2 Å². The summed E-state index contributed by atoms with van der Waals surface area (Å²) in [5.74, 6) is -0.303. The van der Waals surface area contributed by atoms with Crippen LogP contribution in [0.15, 0.2) is 77.4 Å². The predicted molar refractivity (Wildman–Crippen MR) is 260 cm³/mol. The molecule has 3 amide bonds. The quantitative estimate of drug-likeness (QED) is 0.101. The summed E-state index contributed by atoms with van der Waals surface area (Å²) < 4.78 is 12.8. The highest BCUT2D eigenvalue weighted by molar-refractivity contribution is 7.15. The number of aliphatic hydroxyl groups excluding tert-OH is 1. The second-order valence-electron chi connectivity index (χ2n) is 18.3. The zero-order valence-electron chi connectivity index (χ0n) is 39.5. The first kappa shape index (κ1) is 47.8. The molecule has 354 valence electrons. The molecular formula is C50H55N9O7S2. The number of likely N-dealkylation sites (tertiary alicyclic amines) is 1. The number of carbonyl (C=O) groups excluding carboxylic acids is 4. The number of carbonyl (C=O) groups is 4. The third kappa shape index (κ3) is 9.84. The van der Waals surface area contributed by atoms with Gasteiger partial charge in [-0.3, -0.25) is 28.7 Å². The van der Waals surface area contributed by atoms with Gasteiger partial charge in [-0.15, -0.1) is 32.9 Å². The number of fused-ring (bicyclic) bond motifs is 3. The van der Waals surface area contributed by atoms with Gasteiger partial charge in [0, 0.05) is 46.8 Å². The number of pyridine rings is 1. The number of rotatable bonds is 13. The van der Waals surface area contributed by atoms with Crippen LogP contribution in [0, 0.1) is 33.1 Å². The van der Waals surface area contributed by atoms with E-state index in [1.54, 1.807) is 34.9 Å². The number of nitrogens with one attached hydrogen (secondary N) is 2. The van der Waals surface area contributed by atoms with Gasteiger partial charge in [-0.2, -0.15) is 0 Å². The van der Waals surface area contributed by atoms with Gasteiger partial charge >= 0.3 is 5.97 Å². The lowest BCUT2D eigenvalue weighted by atomic mass is 9.85.